The van der Waals surface area contributed by atoms with Gasteiger partial charge in [-0.25, -0.2) is 10.2 Å². The number of amides is 1. The summed E-state index contributed by atoms with van der Waals surface area (Å²) in [6.45, 7) is 0.928. The summed E-state index contributed by atoms with van der Waals surface area (Å²) in [4.78, 5) is 14.2. The Morgan fingerprint density at radius 3 is 3.00 bits per heavy atom. The molecule has 1 aromatic carbocycles. The topological polar surface area (TPSA) is 82.2 Å². The quantitative estimate of drug-likeness (QED) is 0.503. The molecule has 3 N–H and O–H groups in total. The lowest BCUT2D eigenvalue weighted by Gasteiger charge is -2.15. The maximum atomic E-state index is 14.1. The molecule has 1 heterocycles. The highest BCUT2D eigenvalue weighted by Gasteiger charge is 2.21. The van der Waals surface area contributed by atoms with Gasteiger partial charge in [-0.2, -0.15) is 5.26 Å². The molecule has 0 bridgehead atoms. The highest BCUT2D eigenvalue weighted by molar-refractivity contribution is 7.21. The molecule has 0 radical (unpaired) electrons. The molecule has 0 saturated heterocycles. The first kappa shape index (κ1) is 15.4. The minimum absolute atomic E-state index is 0.358. The second-order valence-corrected chi connectivity index (χ2v) is 5.69. The number of rotatable bonds is 5. The van der Waals surface area contributed by atoms with Gasteiger partial charge >= 0.3 is 0 Å². The van der Waals surface area contributed by atoms with E-state index in [4.69, 9.17) is 11.1 Å². The van der Waals surface area contributed by atoms with Crippen molar-refractivity contribution in [3.63, 3.8) is 0 Å². The molecule has 110 valence electrons. The average molecular weight is 306 g/mol. The van der Waals surface area contributed by atoms with Crippen LogP contribution in [0.1, 0.15) is 21.7 Å². The molecule has 21 heavy (non-hydrogen) atoms. The molecule has 2 rings (SSSR count). The Hall–Kier alpha value is -2.01. The van der Waals surface area contributed by atoms with Crippen LogP contribution in [0.25, 0.3) is 10.1 Å². The largest absolute Gasteiger partial charge is 0.301 e. The molecule has 0 atom stereocenters. The van der Waals surface area contributed by atoms with Gasteiger partial charge in [0.05, 0.1) is 10.9 Å². The number of nitriles is 1. The normalized spacial score (nSPS) is 10.8. The van der Waals surface area contributed by atoms with Crippen LogP contribution in [0.5, 0.6) is 0 Å². The van der Waals surface area contributed by atoms with Crippen LogP contribution in [-0.2, 0) is 6.54 Å². The van der Waals surface area contributed by atoms with Gasteiger partial charge in [0.1, 0.15) is 5.82 Å². The fourth-order valence-electron chi connectivity index (χ4n) is 2.16. The molecule has 2 aromatic rings. The van der Waals surface area contributed by atoms with Crippen molar-refractivity contribution in [2.45, 2.75) is 13.0 Å². The molecule has 0 aliphatic rings. The van der Waals surface area contributed by atoms with Gasteiger partial charge < -0.3 is 4.90 Å². The standard InChI is InChI=1S/C14H15FN4OS/c1-19(7-3-6-16)8-9-12-10(15)4-2-5-11(12)21-13(9)14(20)18-17/h2,4-5H,3,7-8,17H2,1H3,(H,18,20). The van der Waals surface area contributed by atoms with Crippen molar-refractivity contribution in [1.82, 2.24) is 10.3 Å². The van der Waals surface area contributed by atoms with Gasteiger partial charge in [0.25, 0.3) is 5.91 Å². The van der Waals surface area contributed by atoms with Gasteiger partial charge in [0, 0.05) is 35.2 Å². The van der Waals surface area contributed by atoms with Crippen LogP contribution < -0.4 is 11.3 Å². The van der Waals surface area contributed by atoms with E-state index in [2.05, 4.69) is 11.5 Å². The van der Waals surface area contributed by atoms with Crippen molar-refractivity contribution in [2.75, 3.05) is 13.6 Å². The van der Waals surface area contributed by atoms with Crippen molar-refractivity contribution in [3.8, 4) is 6.07 Å². The van der Waals surface area contributed by atoms with Gasteiger partial charge in [-0.05, 0) is 19.2 Å². The first-order chi connectivity index (χ1) is 10.1. The average Bonchev–Trinajstić information content (AvgIpc) is 2.84. The van der Waals surface area contributed by atoms with Crippen LogP contribution >= 0.6 is 11.3 Å². The summed E-state index contributed by atoms with van der Waals surface area (Å²) in [5.74, 6) is 4.41. The molecule has 1 aromatic heterocycles. The monoisotopic (exact) mass is 306 g/mol. The van der Waals surface area contributed by atoms with Gasteiger partial charge in [0.15, 0.2) is 0 Å². The summed E-state index contributed by atoms with van der Waals surface area (Å²) in [6, 6.07) is 6.82. The number of halogens is 1. The Morgan fingerprint density at radius 2 is 2.33 bits per heavy atom. The van der Waals surface area contributed by atoms with Crippen molar-refractivity contribution in [2.24, 2.45) is 5.84 Å². The summed E-state index contributed by atoms with van der Waals surface area (Å²) in [5, 5.41) is 9.07. The Morgan fingerprint density at radius 1 is 1.57 bits per heavy atom. The zero-order valence-electron chi connectivity index (χ0n) is 11.5. The predicted molar refractivity (Wildman–Crippen MR) is 80.0 cm³/mol. The fraction of sp³-hybridized carbons (Fsp3) is 0.286. The second kappa shape index (κ2) is 6.63. The SMILES string of the molecule is CN(CCC#N)Cc1c(C(=O)NN)sc2cccc(F)c12. The lowest BCUT2D eigenvalue weighted by atomic mass is 10.1. The lowest BCUT2D eigenvalue weighted by molar-refractivity contribution is 0.0956. The number of carbonyl (C=O) groups excluding carboxylic acids is 1. The number of hydrazine groups is 1. The van der Waals surface area contributed by atoms with Crippen LogP contribution in [-0.4, -0.2) is 24.4 Å². The number of nitrogens with zero attached hydrogens (tertiary/aromatic N) is 2. The number of nitrogens with two attached hydrogens (primary N) is 1. The number of thiophene rings is 1. The number of carbonyl (C=O) groups is 1. The molecule has 0 aliphatic heterocycles. The summed E-state index contributed by atoms with van der Waals surface area (Å²) in [5.41, 5.74) is 2.70. The van der Waals surface area contributed by atoms with Crippen molar-refractivity contribution < 1.29 is 9.18 Å². The zero-order valence-corrected chi connectivity index (χ0v) is 12.3. The van der Waals surface area contributed by atoms with Crippen molar-refractivity contribution >= 4 is 27.3 Å². The number of hydrogen-bond acceptors (Lipinski definition) is 5. The summed E-state index contributed by atoms with van der Waals surface area (Å²) in [7, 11) is 1.83. The number of benzene rings is 1. The zero-order chi connectivity index (χ0) is 15.4. The van der Waals surface area contributed by atoms with Crippen LogP contribution in [0.15, 0.2) is 18.2 Å². The van der Waals surface area contributed by atoms with Crippen molar-refractivity contribution in [3.05, 3.63) is 34.5 Å². The first-order valence-electron chi connectivity index (χ1n) is 6.34. The molecule has 0 fully saturated rings. The van der Waals surface area contributed by atoms with Crippen LogP contribution in [0.3, 0.4) is 0 Å². The van der Waals surface area contributed by atoms with E-state index in [1.165, 1.54) is 17.4 Å². The highest BCUT2D eigenvalue weighted by Crippen LogP contribution is 2.33. The van der Waals surface area contributed by atoms with Crippen LogP contribution in [0, 0.1) is 17.1 Å². The van der Waals surface area contributed by atoms with E-state index >= 15 is 0 Å². The third-order valence-electron chi connectivity index (χ3n) is 3.13. The Labute approximate surface area is 125 Å². The van der Waals surface area contributed by atoms with E-state index in [0.29, 0.717) is 40.0 Å². The maximum absolute atomic E-state index is 14.1. The Balaban J connectivity index is 2.47. The number of nitrogen functional groups attached to an aromatic ring is 1. The molecule has 0 aliphatic carbocycles. The van der Waals surface area contributed by atoms with E-state index in [0.717, 1.165) is 0 Å². The third kappa shape index (κ3) is 3.19. The molecule has 1 amide bonds. The van der Waals surface area contributed by atoms with Crippen LogP contribution in [0.4, 0.5) is 4.39 Å². The van der Waals surface area contributed by atoms with E-state index in [1.54, 1.807) is 12.1 Å². The molecular formula is C14H15FN4OS. The molecule has 5 nitrogen and oxygen atoms in total. The number of nitrogens with one attached hydrogen (secondary N) is 1. The number of hydrogen-bond donors (Lipinski definition) is 2. The summed E-state index contributed by atoms with van der Waals surface area (Å²) < 4.78 is 14.8. The van der Waals surface area contributed by atoms with Gasteiger partial charge in [-0.15, -0.1) is 11.3 Å². The smallest absolute Gasteiger partial charge is 0.275 e. The molecule has 0 unspecified atom stereocenters. The molecule has 7 heteroatoms. The lowest BCUT2D eigenvalue weighted by Crippen LogP contribution is -2.30. The van der Waals surface area contributed by atoms with E-state index in [1.807, 2.05) is 11.9 Å². The van der Waals surface area contributed by atoms with E-state index < -0.39 is 5.91 Å². The summed E-state index contributed by atoms with van der Waals surface area (Å²) >= 11 is 1.21. The highest BCUT2D eigenvalue weighted by atomic mass is 32.1. The fourth-order valence-corrected chi connectivity index (χ4v) is 3.29. The molecule has 0 spiro atoms. The third-order valence-corrected chi connectivity index (χ3v) is 4.33. The maximum Gasteiger partial charge on any atom is 0.275 e. The van der Waals surface area contributed by atoms with Crippen molar-refractivity contribution in [1.29, 1.82) is 5.26 Å². The Kier molecular flexibility index (Phi) is 4.85. The molecular weight excluding hydrogens is 291 g/mol. The summed E-state index contributed by atoms with van der Waals surface area (Å²) in [6.07, 6.45) is 0.374. The predicted octanol–water partition coefficient (Wildman–Crippen LogP) is 1.99. The van der Waals surface area contributed by atoms with Gasteiger partial charge in [-0.3, -0.25) is 10.2 Å². The van der Waals surface area contributed by atoms with E-state index in [9.17, 15) is 9.18 Å². The van der Waals surface area contributed by atoms with Crippen LogP contribution in [0.2, 0.25) is 0 Å². The first-order valence-corrected chi connectivity index (χ1v) is 7.16. The van der Waals surface area contributed by atoms with E-state index in [-0.39, 0.29) is 5.82 Å². The second-order valence-electron chi connectivity index (χ2n) is 4.64. The van der Waals surface area contributed by atoms with Gasteiger partial charge in [-0.1, -0.05) is 6.07 Å². The van der Waals surface area contributed by atoms with Gasteiger partial charge in [0.2, 0.25) is 0 Å². The minimum atomic E-state index is -0.431. The number of fused-ring (bicyclic) bond motifs is 1. The minimum Gasteiger partial charge on any atom is -0.301 e. The Bertz CT molecular complexity index is 707. The molecule has 0 saturated carbocycles.